The molecule has 0 bridgehead atoms. The molecule has 4 rings (SSSR count). The predicted molar refractivity (Wildman–Crippen MR) is 94.5 cm³/mol. The molecule has 4 heterocycles. The van der Waals surface area contributed by atoms with Gasteiger partial charge in [0, 0.05) is 23.0 Å². The molecule has 1 saturated heterocycles. The van der Waals surface area contributed by atoms with Crippen molar-refractivity contribution < 1.29 is 19.3 Å². The van der Waals surface area contributed by atoms with Gasteiger partial charge in [0.25, 0.3) is 4.83 Å². The number of amides is 1. The van der Waals surface area contributed by atoms with E-state index in [1.165, 1.54) is 4.90 Å². The van der Waals surface area contributed by atoms with Crippen LogP contribution in [0.5, 0.6) is 0 Å². The van der Waals surface area contributed by atoms with Crippen LogP contribution in [-0.2, 0) is 16.1 Å². The number of carboxylic acid groups (broad SMARTS) is 1. The van der Waals surface area contributed by atoms with Gasteiger partial charge in [-0.05, 0) is 17.5 Å². The monoisotopic (exact) mass is 359 g/mol. The number of thiophene rings is 1. The van der Waals surface area contributed by atoms with Crippen LogP contribution in [0.1, 0.15) is 12.0 Å². The van der Waals surface area contributed by atoms with Gasteiger partial charge in [0.1, 0.15) is 5.70 Å². The maximum atomic E-state index is 11.9. The van der Waals surface area contributed by atoms with Gasteiger partial charge >= 0.3 is 5.97 Å². The molecule has 1 fully saturated rings. The summed E-state index contributed by atoms with van der Waals surface area (Å²) < 4.78 is 2.09. The number of aliphatic carboxylic acids is 1. The Bertz CT molecular complexity index is 916. The van der Waals surface area contributed by atoms with Crippen molar-refractivity contribution in [1.82, 2.24) is 4.90 Å². The molecule has 7 heteroatoms. The lowest BCUT2D eigenvalue weighted by molar-refractivity contribution is -0.658. The summed E-state index contributed by atoms with van der Waals surface area (Å²) in [6, 6.07) is 3.96. The molecule has 0 radical (unpaired) electrons. The number of aromatic nitrogens is 1. The molecule has 0 saturated carbocycles. The summed E-state index contributed by atoms with van der Waals surface area (Å²) in [5, 5.41) is 12.7. The Kier molecular flexibility index (Phi) is 3.69. The van der Waals surface area contributed by atoms with Crippen LogP contribution in [0.15, 0.2) is 42.1 Å². The normalized spacial score (nSPS) is 20.1. The molecular formula is C17H15N2O3S2+. The second-order valence-corrected chi connectivity index (χ2v) is 7.74. The molecular weight excluding hydrogens is 344 g/mol. The van der Waals surface area contributed by atoms with Crippen LogP contribution >= 0.6 is 23.1 Å². The van der Waals surface area contributed by atoms with Gasteiger partial charge in [-0.2, -0.15) is 4.57 Å². The second-order valence-electron chi connectivity index (χ2n) is 5.68. The lowest BCUT2D eigenvalue weighted by atomic mass is 10.00. The minimum Gasteiger partial charge on any atom is -0.477 e. The summed E-state index contributed by atoms with van der Waals surface area (Å²) in [5.41, 5.74) is 1.77. The molecule has 2 aliphatic heterocycles. The Morgan fingerprint density at radius 2 is 2.33 bits per heavy atom. The van der Waals surface area contributed by atoms with Gasteiger partial charge in [-0.3, -0.25) is 9.69 Å². The van der Waals surface area contributed by atoms with Crippen molar-refractivity contribution in [1.29, 1.82) is 0 Å². The molecule has 2 aromatic heterocycles. The number of nitrogens with zero attached hydrogens (tertiary/aromatic N) is 2. The number of fused-ring (bicyclic) bond motifs is 2. The molecule has 1 amide bonds. The summed E-state index contributed by atoms with van der Waals surface area (Å²) in [4.78, 5) is 26.3. The van der Waals surface area contributed by atoms with Gasteiger partial charge in [-0.15, -0.1) is 11.8 Å². The minimum atomic E-state index is -1.03. The predicted octanol–water partition coefficient (Wildman–Crippen LogP) is 2.48. The fourth-order valence-electron chi connectivity index (χ4n) is 3.22. The molecule has 2 aromatic rings. The number of rotatable bonds is 4. The maximum absolute atomic E-state index is 11.9. The van der Waals surface area contributed by atoms with Gasteiger partial charge in [0.2, 0.25) is 5.91 Å². The second kappa shape index (κ2) is 5.75. The number of hydrogen-bond acceptors (Lipinski definition) is 4. The van der Waals surface area contributed by atoms with E-state index in [1.807, 2.05) is 29.8 Å². The van der Waals surface area contributed by atoms with E-state index in [9.17, 15) is 14.7 Å². The molecule has 1 N–H and O–H groups in total. The highest BCUT2D eigenvalue weighted by Crippen LogP contribution is 2.44. The molecule has 5 nitrogen and oxygen atoms in total. The van der Waals surface area contributed by atoms with Crippen LogP contribution in [0.4, 0.5) is 0 Å². The fourth-order valence-corrected chi connectivity index (χ4v) is 5.41. The number of carboxylic acids is 1. The highest BCUT2D eigenvalue weighted by molar-refractivity contribution is 8.00. The lowest BCUT2D eigenvalue weighted by Gasteiger charge is -2.44. The summed E-state index contributed by atoms with van der Waals surface area (Å²) in [6.07, 6.45) is 4.22. The first-order chi connectivity index (χ1) is 11.6. The third-order valence-corrected chi connectivity index (χ3v) is 6.49. The highest BCUT2D eigenvalue weighted by atomic mass is 32.2. The van der Waals surface area contributed by atoms with Crippen LogP contribution in [0.2, 0.25) is 0 Å². The average molecular weight is 359 g/mol. The number of carbonyl (C=O) groups excluding carboxylic acids is 1. The number of allylic oxidation sites excluding steroid dienone is 1. The van der Waals surface area contributed by atoms with Gasteiger partial charge in [0.05, 0.1) is 17.2 Å². The summed E-state index contributed by atoms with van der Waals surface area (Å²) in [5.74, 6) is -0.539. The van der Waals surface area contributed by atoms with E-state index in [2.05, 4.69) is 11.1 Å². The first kappa shape index (κ1) is 15.4. The number of hydrogen-bond donors (Lipinski definition) is 1. The van der Waals surface area contributed by atoms with E-state index < -0.39 is 5.97 Å². The molecule has 0 spiro atoms. The summed E-state index contributed by atoms with van der Waals surface area (Å²) in [6.45, 7) is 4.48. The zero-order valence-electron chi connectivity index (χ0n) is 12.8. The van der Waals surface area contributed by atoms with Crippen molar-refractivity contribution in [3.05, 3.63) is 47.6 Å². The van der Waals surface area contributed by atoms with Gasteiger partial charge in [-0.25, -0.2) is 4.79 Å². The Morgan fingerprint density at radius 3 is 3.04 bits per heavy atom. The standard InChI is InChI=1S/C17H14N2O3S2/c1-2-5-18-6-3-10(11-4-7-23-16(11)18)12-9-24-14-8-13(20)19(14)15(12)17(21)22/h2-4,6-7,14H,1,5,8-9H2/p+1. The molecule has 0 aliphatic carbocycles. The molecule has 24 heavy (non-hydrogen) atoms. The molecule has 1 atom stereocenters. The van der Waals surface area contributed by atoms with Crippen molar-refractivity contribution >= 4 is 50.8 Å². The van der Waals surface area contributed by atoms with Crippen LogP contribution in [0.3, 0.4) is 0 Å². The van der Waals surface area contributed by atoms with Crippen LogP contribution in [0.25, 0.3) is 15.8 Å². The average Bonchev–Trinajstić information content (AvgIpc) is 3.04. The summed E-state index contributed by atoms with van der Waals surface area (Å²) in [7, 11) is 0. The Morgan fingerprint density at radius 1 is 1.50 bits per heavy atom. The van der Waals surface area contributed by atoms with E-state index in [4.69, 9.17) is 0 Å². The number of carbonyl (C=O) groups is 2. The fraction of sp³-hybridized carbons (Fsp3) is 0.235. The van der Waals surface area contributed by atoms with Crippen LogP contribution in [0, 0.1) is 0 Å². The largest absolute Gasteiger partial charge is 0.477 e. The van der Waals surface area contributed by atoms with E-state index in [0.29, 0.717) is 18.7 Å². The van der Waals surface area contributed by atoms with E-state index in [1.54, 1.807) is 23.1 Å². The minimum absolute atomic E-state index is 0.0280. The smallest absolute Gasteiger partial charge is 0.352 e. The number of thioether (sulfide) groups is 1. The molecule has 2 aliphatic rings. The van der Waals surface area contributed by atoms with Crippen LogP contribution in [-0.4, -0.2) is 33.0 Å². The van der Waals surface area contributed by atoms with Crippen molar-refractivity contribution in [2.75, 3.05) is 5.75 Å². The third-order valence-electron chi connectivity index (χ3n) is 4.32. The quantitative estimate of drug-likeness (QED) is 0.518. The number of β-lactam (4-membered cyclic amide) rings is 1. The molecule has 0 aromatic carbocycles. The Labute approximate surface area is 146 Å². The van der Waals surface area contributed by atoms with Gasteiger partial charge < -0.3 is 5.11 Å². The zero-order chi connectivity index (χ0) is 16.8. The molecule has 122 valence electrons. The van der Waals surface area contributed by atoms with Crippen molar-refractivity contribution in [2.24, 2.45) is 0 Å². The maximum Gasteiger partial charge on any atom is 0.352 e. The van der Waals surface area contributed by atoms with E-state index >= 15 is 0 Å². The zero-order valence-corrected chi connectivity index (χ0v) is 14.4. The third kappa shape index (κ3) is 2.19. The lowest BCUT2D eigenvalue weighted by Crippen LogP contribution is -2.53. The number of pyridine rings is 1. The highest BCUT2D eigenvalue weighted by Gasteiger charge is 2.45. The van der Waals surface area contributed by atoms with Crippen molar-refractivity contribution in [3.8, 4) is 0 Å². The first-order valence-electron chi connectivity index (χ1n) is 7.53. The Balaban J connectivity index is 1.92. The van der Waals surface area contributed by atoms with E-state index in [0.717, 1.165) is 21.4 Å². The SMILES string of the molecule is C=CC[n+]1ccc(C2=C(C(=O)O)N3C(=O)CC3SC2)c2ccsc21. The Hall–Kier alpha value is -2.12. The van der Waals surface area contributed by atoms with Gasteiger partial charge in [0.15, 0.2) is 12.7 Å². The molecule has 1 unspecified atom stereocenters. The van der Waals surface area contributed by atoms with E-state index in [-0.39, 0.29) is 17.0 Å². The van der Waals surface area contributed by atoms with Crippen molar-refractivity contribution in [3.63, 3.8) is 0 Å². The topological polar surface area (TPSA) is 61.5 Å². The van der Waals surface area contributed by atoms with Gasteiger partial charge in [-0.1, -0.05) is 17.9 Å². The first-order valence-corrected chi connectivity index (χ1v) is 9.45. The van der Waals surface area contributed by atoms with Crippen molar-refractivity contribution in [2.45, 2.75) is 18.3 Å². The summed E-state index contributed by atoms with van der Waals surface area (Å²) >= 11 is 3.25. The van der Waals surface area contributed by atoms with Crippen LogP contribution < -0.4 is 4.57 Å².